The fourth-order valence-corrected chi connectivity index (χ4v) is 7.24. The molecule has 1 heterocycles. The number of thioether (sulfide) groups is 1. The van der Waals surface area contributed by atoms with E-state index in [0.29, 0.717) is 12.3 Å². The summed E-state index contributed by atoms with van der Waals surface area (Å²) in [5, 5.41) is 8.86. The van der Waals surface area contributed by atoms with Crippen LogP contribution in [-0.4, -0.2) is 44.0 Å². The number of carbonyl (C=O) groups excluding carboxylic acids is 1. The molecule has 4 aliphatic rings. The van der Waals surface area contributed by atoms with Crippen molar-refractivity contribution in [1.82, 2.24) is 19.7 Å². The normalized spacial score (nSPS) is 29.2. The Kier molecular flexibility index (Phi) is 5.25. The van der Waals surface area contributed by atoms with E-state index in [-0.39, 0.29) is 11.4 Å². The highest BCUT2D eigenvalue weighted by Crippen LogP contribution is 2.58. The number of carbonyl (C=O) groups is 1. The van der Waals surface area contributed by atoms with Gasteiger partial charge >= 0.3 is 0 Å². The summed E-state index contributed by atoms with van der Waals surface area (Å²) in [7, 11) is 3.61. The van der Waals surface area contributed by atoms with Crippen LogP contribution >= 0.6 is 11.8 Å². The fraction of sp³-hybridized carbons (Fsp3) is 0.609. The summed E-state index contributed by atoms with van der Waals surface area (Å²) >= 11 is 1.49. The van der Waals surface area contributed by atoms with Gasteiger partial charge in [-0.1, -0.05) is 23.9 Å². The Morgan fingerprint density at radius 3 is 2.53 bits per heavy atom. The molecule has 2 aromatic rings. The zero-order valence-electron chi connectivity index (χ0n) is 17.8. The minimum Gasteiger partial charge on any atom is -0.497 e. The first-order chi connectivity index (χ1) is 14.5. The van der Waals surface area contributed by atoms with E-state index in [4.69, 9.17) is 4.74 Å². The molecule has 1 amide bonds. The van der Waals surface area contributed by atoms with Gasteiger partial charge in [-0.25, -0.2) is 0 Å². The standard InChI is InChI=1S/C23H30N4O2S/c1-26-15-24-25-22(26)30-14-21(28)27(13-16-4-3-5-20(9-16)29-2)23-10-17-6-18(11-23)8-19(7-17)12-23/h3-5,9,15,17-19H,6-8,10-14H2,1-2H3. The second-order valence-corrected chi connectivity index (χ2v) is 10.4. The summed E-state index contributed by atoms with van der Waals surface area (Å²) in [5.41, 5.74) is 1.16. The number of hydrogen-bond acceptors (Lipinski definition) is 5. The molecule has 7 heteroatoms. The Morgan fingerprint density at radius 2 is 1.93 bits per heavy atom. The van der Waals surface area contributed by atoms with Crippen LogP contribution in [0.3, 0.4) is 0 Å². The summed E-state index contributed by atoms with van der Waals surface area (Å²) in [6.07, 6.45) is 9.30. The van der Waals surface area contributed by atoms with Crippen LogP contribution in [0.1, 0.15) is 44.1 Å². The molecule has 6 rings (SSSR count). The maximum Gasteiger partial charge on any atom is 0.233 e. The number of ether oxygens (including phenoxy) is 1. The van der Waals surface area contributed by atoms with Gasteiger partial charge in [-0.05, 0) is 74.0 Å². The SMILES string of the molecule is COc1cccc(CN(C(=O)CSc2nncn2C)C23CC4CC(CC(C4)C2)C3)c1. The third kappa shape index (κ3) is 3.72. The predicted molar refractivity (Wildman–Crippen MR) is 116 cm³/mol. The number of rotatable bonds is 7. The maximum atomic E-state index is 13.6. The van der Waals surface area contributed by atoms with E-state index >= 15 is 0 Å². The maximum absolute atomic E-state index is 13.6. The molecule has 0 radical (unpaired) electrons. The smallest absolute Gasteiger partial charge is 0.233 e. The molecular formula is C23H30N4O2S. The van der Waals surface area contributed by atoms with Crippen LogP contribution in [0.5, 0.6) is 5.75 Å². The van der Waals surface area contributed by atoms with Gasteiger partial charge in [0.25, 0.3) is 0 Å². The van der Waals surface area contributed by atoms with Gasteiger partial charge in [0.1, 0.15) is 12.1 Å². The van der Waals surface area contributed by atoms with Crippen LogP contribution < -0.4 is 4.74 Å². The predicted octanol–water partition coefficient (Wildman–Crippen LogP) is 3.91. The molecule has 4 fully saturated rings. The van der Waals surface area contributed by atoms with Gasteiger partial charge in [0.05, 0.1) is 12.9 Å². The van der Waals surface area contributed by atoms with E-state index < -0.39 is 0 Å². The summed E-state index contributed by atoms with van der Waals surface area (Å²) in [4.78, 5) is 15.9. The molecule has 1 aromatic carbocycles. The number of nitrogens with zero attached hydrogens (tertiary/aromatic N) is 4. The minimum absolute atomic E-state index is 0.0232. The van der Waals surface area contributed by atoms with Gasteiger partial charge in [-0.2, -0.15) is 0 Å². The highest BCUT2D eigenvalue weighted by molar-refractivity contribution is 7.99. The van der Waals surface area contributed by atoms with Crippen LogP contribution in [0.2, 0.25) is 0 Å². The number of aromatic nitrogens is 3. The van der Waals surface area contributed by atoms with Crippen molar-refractivity contribution in [3.63, 3.8) is 0 Å². The summed E-state index contributed by atoms with van der Waals surface area (Å²) in [5.74, 6) is 3.85. The van der Waals surface area contributed by atoms with Gasteiger partial charge in [0, 0.05) is 19.1 Å². The molecule has 0 N–H and O–H groups in total. The lowest BCUT2D eigenvalue weighted by Crippen LogP contribution is -2.61. The number of hydrogen-bond donors (Lipinski definition) is 0. The van der Waals surface area contributed by atoms with Crippen LogP contribution in [0.15, 0.2) is 35.7 Å². The lowest BCUT2D eigenvalue weighted by molar-refractivity contribution is -0.149. The van der Waals surface area contributed by atoms with E-state index in [0.717, 1.165) is 34.2 Å². The largest absolute Gasteiger partial charge is 0.497 e. The fourth-order valence-electron chi connectivity index (χ4n) is 6.48. The molecule has 0 atom stereocenters. The molecule has 4 aliphatic carbocycles. The molecule has 160 valence electrons. The van der Waals surface area contributed by atoms with Crippen molar-refractivity contribution in [2.45, 2.75) is 55.8 Å². The van der Waals surface area contributed by atoms with Gasteiger partial charge in [-0.3, -0.25) is 4.79 Å². The van der Waals surface area contributed by atoms with E-state index in [9.17, 15) is 4.79 Å². The molecule has 0 unspecified atom stereocenters. The summed E-state index contributed by atoms with van der Waals surface area (Å²) < 4.78 is 7.30. The van der Waals surface area contributed by atoms with Crippen molar-refractivity contribution in [3.05, 3.63) is 36.2 Å². The Balaban J connectivity index is 1.41. The molecule has 6 nitrogen and oxygen atoms in total. The molecule has 1 aromatic heterocycles. The lowest BCUT2D eigenvalue weighted by atomic mass is 9.52. The second-order valence-electron chi connectivity index (χ2n) is 9.49. The van der Waals surface area contributed by atoms with Crippen molar-refractivity contribution in [2.75, 3.05) is 12.9 Å². The Labute approximate surface area is 182 Å². The summed E-state index contributed by atoms with van der Waals surface area (Å²) in [6.45, 7) is 0.654. The van der Waals surface area contributed by atoms with Crippen molar-refractivity contribution in [1.29, 1.82) is 0 Å². The molecule has 4 saturated carbocycles. The lowest BCUT2D eigenvalue weighted by Gasteiger charge is -2.60. The Hall–Kier alpha value is -2.02. The molecule has 0 spiro atoms. The Bertz CT molecular complexity index is 892. The number of methoxy groups -OCH3 is 1. The van der Waals surface area contributed by atoms with Gasteiger partial charge in [0.2, 0.25) is 5.91 Å². The average molecular weight is 427 g/mol. The van der Waals surface area contributed by atoms with Gasteiger partial charge < -0.3 is 14.2 Å². The molecule has 4 bridgehead atoms. The quantitative estimate of drug-likeness (QED) is 0.628. The van der Waals surface area contributed by atoms with Crippen molar-refractivity contribution < 1.29 is 9.53 Å². The molecule has 0 saturated heterocycles. The first-order valence-corrected chi connectivity index (χ1v) is 11.9. The highest BCUT2D eigenvalue weighted by Gasteiger charge is 2.54. The summed E-state index contributed by atoms with van der Waals surface area (Å²) in [6, 6.07) is 8.16. The van der Waals surface area contributed by atoms with E-state index in [1.165, 1.54) is 50.3 Å². The average Bonchev–Trinajstić information content (AvgIpc) is 3.14. The zero-order chi connectivity index (χ0) is 20.7. The van der Waals surface area contributed by atoms with E-state index in [1.807, 2.05) is 23.7 Å². The number of aryl methyl sites for hydroxylation is 1. The van der Waals surface area contributed by atoms with Crippen LogP contribution in [-0.2, 0) is 18.4 Å². The number of amides is 1. The number of benzene rings is 1. The molecule has 30 heavy (non-hydrogen) atoms. The highest BCUT2D eigenvalue weighted by atomic mass is 32.2. The third-order valence-corrected chi connectivity index (χ3v) is 8.37. The molecule has 0 aliphatic heterocycles. The first-order valence-electron chi connectivity index (χ1n) is 10.9. The van der Waals surface area contributed by atoms with Crippen molar-refractivity contribution >= 4 is 17.7 Å². The molecular weight excluding hydrogens is 396 g/mol. The minimum atomic E-state index is 0.0232. The second kappa shape index (κ2) is 7.91. The topological polar surface area (TPSA) is 60.2 Å². The van der Waals surface area contributed by atoms with Crippen LogP contribution in [0.4, 0.5) is 0 Å². The van der Waals surface area contributed by atoms with Crippen LogP contribution in [0, 0.1) is 17.8 Å². The van der Waals surface area contributed by atoms with Gasteiger partial charge in [-0.15, -0.1) is 10.2 Å². The van der Waals surface area contributed by atoms with E-state index in [1.54, 1.807) is 13.4 Å². The zero-order valence-corrected chi connectivity index (χ0v) is 18.6. The Morgan fingerprint density at radius 1 is 1.23 bits per heavy atom. The van der Waals surface area contributed by atoms with Crippen molar-refractivity contribution in [2.24, 2.45) is 24.8 Å². The van der Waals surface area contributed by atoms with Crippen molar-refractivity contribution in [3.8, 4) is 5.75 Å². The monoisotopic (exact) mass is 426 g/mol. The van der Waals surface area contributed by atoms with Gasteiger partial charge in [0.15, 0.2) is 5.16 Å². The first kappa shape index (κ1) is 19.9. The van der Waals surface area contributed by atoms with Crippen LogP contribution in [0.25, 0.3) is 0 Å². The third-order valence-electron chi connectivity index (χ3n) is 7.35. The van der Waals surface area contributed by atoms with E-state index in [2.05, 4.69) is 27.2 Å².